The zero-order valence-corrected chi connectivity index (χ0v) is 15.3. The molecular formula is C17H29NO4S. The van der Waals surface area contributed by atoms with E-state index in [-0.39, 0.29) is 11.0 Å². The van der Waals surface area contributed by atoms with Gasteiger partial charge in [0.1, 0.15) is 10.1 Å². The third-order valence-electron chi connectivity index (χ3n) is 3.96. The van der Waals surface area contributed by atoms with Gasteiger partial charge in [-0.25, -0.2) is 8.42 Å². The van der Waals surface area contributed by atoms with E-state index in [1.165, 1.54) is 31.4 Å². The molecule has 0 radical (unpaired) electrons. The summed E-state index contributed by atoms with van der Waals surface area (Å²) < 4.78 is 32.1. The molecule has 0 heterocycles. The number of quaternary nitrogens is 1. The summed E-state index contributed by atoms with van der Waals surface area (Å²) in [6.07, 6.45) is 4.73. The topological polar surface area (TPSA) is 77.4 Å². The molecule has 1 aromatic carbocycles. The number of aliphatic hydroxyl groups is 1. The van der Waals surface area contributed by atoms with Gasteiger partial charge in [0.05, 0.1) is 38.7 Å². The maximum absolute atomic E-state index is 10.4. The summed E-state index contributed by atoms with van der Waals surface area (Å²) in [5.41, 5.74) is 0.928. The molecule has 0 aliphatic heterocycles. The highest BCUT2D eigenvalue weighted by molar-refractivity contribution is 7.85. The van der Waals surface area contributed by atoms with E-state index in [2.05, 4.69) is 21.1 Å². The van der Waals surface area contributed by atoms with Gasteiger partial charge in [-0.05, 0) is 31.9 Å². The minimum absolute atomic E-state index is 0.0314. The van der Waals surface area contributed by atoms with Crippen molar-refractivity contribution in [3.05, 3.63) is 29.8 Å². The Morgan fingerprint density at radius 1 is 1.13 bits per heavy atom. The Hall–Kier alpha value is -0.950. The maximum atomic E-state index is 10.4. The van der Waals surface area contributed by atoms with Gasteiger partial charge in [0.2, 0.25) is 0 Å². The van der Waals surface area contributed by atoms with Crippen LogP contribution in [0.2, 0.25) is 0 Å². The molecule has 0 spiro atoms. The minimum Gasteiger partial charge on any atom is -0.744 e. The molecule has 1 N–H and O–H groups in total. The van der Waals surface area contributed by atoms with E-state index in [9.17, 15) is 18.1 Å². The first-order valence-corrected chi connectivity index (χ1v) is 9.41. The predicted octanol–water partition coefficient (Wildman–Crippen LogP) is 2.14. The Morgan fingerprint density at radius 3 is 2.09 bits per heavy atom. The van der Waals surface area contributed by atoms with Crippen molar-refractivity contribution in [1.29, 1.82) is 0 Å². The number of rotatable bonds is 3. The largest absolute Gasteiger partial charge is 0.744 e. The van der Waals surface area contributed by atoms with Crippen LogP contribution in [0, 0.1) is 12.8 Å². The Kier molecular flexibility index (Phi) is 7.20. The minimum atomic E-state index is -4.27. The van der Waals surface area contributed by atoms with Crippen LogP contribution in [0.25, 0.3) is 0 Å². The van der Waals surface area contributed by atoms with E-state index in [1.807, 2.05) is 6.92 Å². The van der Waals surface area contributed by atoms with Gasteiger partial charge in [0, 0.05) is 5.92 Å². The molecule has 1 saturated carbocycles. The Bertz CT molecular complexity index is 576. The van der Waals surface area contributed by atoms with Gasteiger partial charge in [-0.1, -0.05) is 30.5 Å². The predicted molar refractivity (Wildman–Crippen MR) is 90.0 cm³/mol. The summed E-state index contributed by atoms with van der Waals surface area (Å²) in [6.45, 7) is 2.93. The van der Waals surface area contributed by atoms with Crippen LogP contribution in [0.15, 0.2) is 29.2 Å². The molecule has 0 bridgehead atoms. The monoisotopic (exact) mass is 343 g/mol. The Labute approximate surface area is 140 Å². The second-order valence-electron chi connectivity index (χ2n) is 7.35. The first-order valence-electron chi connectivity index (χ1n) is 8.00. The lowest BCUT2D eigenvalue weighted by atomic mass is 9.86. The highest BCUT2D eigenvalue weighted by Crippen LogP contribution is 2.25. The van der Waals surface area contributed by atoms with Crippen LogP contribution in [0.3, 0.4) is 0 Å². The molecule has 6 heteroatoms. The molecule has 0 unspecified atom stereocenters. The summed E-state index contributed by atoms with van der Waals surface area (Å²) in [5.74, 6) is 0.541. The van der Waals surface area contributed by atoms with Crippen molar-refractivity contribution in [2.45, 2.75) is 43.6 Å². The molecule has 23 heavy (non-hydrogen) atoms. The van der Waals surface area contributed by atoms with E-state index in [1.54, 1.807) is 12.1 Å². The second kappa shape index (κ2) is 8.24. The second-order valence-corrected chi connectivity index (χ2v) is 8.73. The fourth-order valence-electron chi connectivity index (χ4n) is 2.81. The van der Waals surface area contributed by atoms with Crippen molar-refractivity contribution in [3.63, 3.8) is 0 Å². The van der Waals surface area contributed by atoms with Crippen molar-refractivity contribution in [1.82, 2.24) is 0 Å². The van der Waals surface area contributed by atoms with Crippen LogP contribution in [0.5, 0.6) is 0 Å². The fourth-order valence-corrected chi connectivity index (χ4v) is 3.28. The van der Waals surface area contributed by atoms with Crippen molar-refractivity contribution in [2.24, 2.45) is 5.92 Å². The molecule has 0 amide bonds. The van der Waals surface area contributed by atoms with Crippen molar-refractivity contribution >= 4 is 10.1 Å². The van der Waals surface area contributed by atoms with E-state index < -0.39 is 10.1 Å². The lowest BCUT2D eigenvalue weighted by molar-refractivity contribution is -0.874. The smallest absolute Gasteiger partial charge is 0.124 e. The zero-order chi connectivity index (χ0) is 17.7. The van der Waals surface area contributed by atoms with Crippen molar-refractivity contribution in [2.75, 3.05) is 27.7 Å². The van der Waals surface area contributed by atoms with Crippen LogP contribution < -0.4 is 0 Å². The van der Waals surface area contributed by atoms with Gasteiger partial charge in [-0.15, -0.1) is 0 Å². The van der Waals surface area contributed by atoms with Gasteiger partial charge in [0.25, 0.3) is 0 Å². The quantitative estimate of drug-likeness (QED) is 0.674. The number of hydrogen-bond donors (Lipinski definition) is 1. The van der Waals surface area contributed by atoms with Gasteiger partial charge >= 0.3 is 0 Å². The van der Waals surface area contributed by atoms with Crippen LogP contribution in [0.1, 0.15) is 31.2 Å². The third kappa shape index (κ3) is 7.92. The standard InChI is InChI=1S/C10H22NO.C7H8O3S/c1-11(2,3)8-9-6-4-5-7-10(9)12;1-6-2-4-7(5-3-6)11(8,9)10/h9-10,12H,4-8H2,1-3H3;2-5H,1H3,(H,8,9,10)/q+1;/p-1/t9-,10-;/m0./s1. The molecule has 2 rings (SSSR count). The summed E-state index contributed by atoms with van der Waals surface area (Å²) >= 11 is 0. The molecule has 0 saturated heterocycles. The van der Waals surface area contributed by atoms with Gasteiger partial charge < -0.3 is 14.1 Å². The van der Waals surface area contributed by atoms with E-state index >= 15 is 0 Å². The molecule has 1 aromatic rings. The van der Waals surface area contributed by atoms with Gasteiger partial charge in [-0.2, -0.15) is 0 Å². The molecule has 2 atom stereocenters. The lowest BCUT2D eigenvalue weighted by Crippen LogP contribution is -2.43. The Morgan fingerprint density at radius 2 is 1.65 bits per heavy atom. The van der Waals surface area contributed by atoms with Gasteiger partial charge in [-0.3, -0.25) is 0 Å². The zero-order valence-electron chi connectivity index (χ0n) is 14.5. The molecule has 132 valence electrons. The van der Waals surface area contributed by atoms with E-state index in [0.29, 0.717) is 5.92 Å². The number of aliphatic hydroxyl groups excluding tert-OH is 1. The average molecular weight is 343 g/mol. The van der Waals surface area contributed by atoms with Crippen LogP contribution in [-0.4, -0.2) is 56.4 Å². The summed E-state index contributed by atoms with van der Waals surface area (Å²) in [5, 5.41) is 9.72. The molecule has 0 aromatic heterocycles. The SMILES string of the molecule is C[N+](C)(C)C[C@@H]1CCCC[C@@H]1O.Cc1ccc(S(=O)(=O)[O-])cc1. The normalized spacial score (nSPS) is 22.2. The summed E-state index contributed by atoms with van der Waals surface area (Å²) in [6, 6.07) is 5.78. The number of hydrogen-bond acceptors (Lipinski definition) is 4. The summed E-state index contributed by atoms with van der Waals surface area (Å²) in [4.78, 5) is -0.178. The lowest BCUT2D eigenvalue weighted by Gasteiger charge is -2.34. The Balaban J connectivity index is 0.000000231. The van der Waals surface area contributed by atoms with Crippen LogP contribution in [0.4, 0.5) is 0 Å². The average Bonchev–Trinajstić information content (AvgIpc) is 2.40. The number of nitrogens with zero attached hydrogens (tertiary/aromatic N) is 1. The molecule has 1 aliphatic rings. The highest BCUT2D eigenvalue weighted by Gasteiger charge is 2.27. The molecule has 1 fully saturated rings. The van der Waals surface area contributed by atoms with Crippen molar-refractivity contribution < 1.29 is 22.6 Å². The van der Waals surface area contributed by atoms with E-state index in [0.717, 1.165) is 23.0 Å². The van der Waals surface area contributed by atoms with Gasteiger partial charge in [0.15, 0.2) is 0 Å². The van der Waals surface area contributed by atoms with Crippen LogP contribution in [-0.2, 0) is 10.1 Å². The number of aryl methyl sites for hydroxylation is 1. The summed E-state index contributed by atoms with van der Waals surface area (Å²) in [7, 11) is 2.32. The number of benzene rings is 1. The first-order chi connectivity index (χ1) is 10.5. The highest BCUT2D eigenvalue weighted by atomic mass is 32.2. The third-order valence-corrected chi connectivity index (χ3v) is 4.81. The fraction of sp³-hybridized carbons (Fsp3) is 0.647. The van der Waals surface area contributed by atoms with E-state index in [4.69, 9.17) is 0 Å². The maximum Gasteiger partial charge on any atom is 0.124 e. The van der Waals surface area contributed by atoms with Crippen LogP contribution >= 0.6 is 0 Å². The van der Waals surface area contributed by atoms with Crippen molar-refractivity contribution in [3.8, 4) is 0 Å². The first kappa shape index (κ1) is 20.1. The molecule has 5 nitrogen and oxygen atoms in total. The molecule has 1 aliphatic carbocycles. The molecular weight excluding hydrogens is 314 g/mol.